The van der Waals surface area contributed by atoms with E-state index in [9.17, 15) is 9.59 Å². The average molecular weight is 236 g/mol. The van der Waals surface area contributed by atoms with Crippen LogP contribution in [0.15, 0.2) is 18.3 Å². The molecule has 6 nitrogen and oxygen atoms in total. The molecule has 0 spiro atoms. The molecule has 2 rings (SSSR count). The number of aromatic nitrogens is 1. The first-order valence-corrected chi connectivity index (χ1v) is 5.29. The summed E-state index contributed by atoms with van der Waals surface area (Å²) in [7, 11) is 0. The topological polar surface area (TPSA) is 88.5 Å². The molecule has 1 aromatic rings. The summed E-state index contributed by atoms with van der Waals surface area (Å²) in [4.78, 5) is 26.5. The van der Waals surface area contributed by atoms with Crippen molar-refractivity contribution < 1.29 is 19.4 Å². The molecule has 1 aliphatic rings. The van der Waals surface area contributed by atoms with Gasteiger partial charge in [0.1, 0.15) is 17.5 Å². The maximum absolute atomic E-state index is 11.7. The monoisotopic (exact) mass is 236 g/mol. The smallest absolute Gasteiger partial charge is 0.339 e. The van der Waals surface area contributed by atoms with Gasteiger partial charge in [0.05, 0.1) is 0 Å². The molecule has 90 valence electrons. The van der Waals surface area contributed by atoms with Crippen molar-refractivity contribution >= 4 is 17.7 Å². The minimum absolute atomic E-state index is 0.0288. The zero-order chi connectivity index (χ0) is 12.3. The third-order valence-corrected chi connectivity index (χ3v) is 2.50. The van der Waals surface area contributed by atoms with Gasteiger partial charge in [-0.25, -0.2) is 9.78 Å². The number of carboxylic acids is 1. The van der Waals surface area contributed by atoms with E-state index in [4.69, 9.17) is 9.84 Å². The van der Waals surface area contributed by atoms with E-state index in [0.29, 0.717) is 13.0 Å². The van der Waals surface area contributed by atoms with Crippen molar-refractivity contribution in [1.82, 2.24) is 4.98 Å². The third kappa shape index (κ3) is 2.59. The molecule has 0 bridgehead atoms. The van der Waals surface area contributed by atoms with Crippen LogP contribution < -0.4 is 5.32 Å². The minimum atomic E-state index is -1.12. The highest BCUT2D eigenvalue weighted by Crippen LogP contribution is 2.16. The standard InChI is InChI=1S/C11H12N2O4/c14-10(8-4-2-6-17-8)13-9-7(11(15)16)3-1-5-12-9/h1,3,5,8H,2,4,6H2,(H,15,16)(H,12,13,14)/t8-/m1/s1. The zero-order valence-corrected chi connectivity index (χ0v) is 9.05. The first kappa shape index (κ1) is 11.5. The van der Waals surface area contributed by atoms with Gasteiger partial charge in [-0.15, -0.1) is 0 Å². The lowest BCUT2D eigenvalue weighted by molar-refractivity contribution is -0.124. The Labute approximate surface area is 97.6 Å². The number of anilines is 1. The van der Waals surface area contributed by atoms with Gasteiger partial charge in [0.2, 0.25) is 0 Å². The van der Waals surface area contributed by atoms with E-state index in [1.165, 1.54) is 18.3 Å². The van der Waals surface area contributed by atoms with Crippen LogP contribution in [-0.2, 0) is 9.53 Å². The molecular weight excluding hydrogens is 224 g/mol. The molecular formula is C11H12N2O4. The van der Waals surface area contributed by atoms with Crippen LogP contribution in [0.4, 0.5) is 5.82 Å². The van der Waals surface area contributed by atoms with Gasteiger partial charge < -0.3 is 15.2 Å². The SMILES string of the molecule is O=C(O)c1cccnc1NC(=O)[C@H]1CCCO1. The second-order valence-corrected chi connectivity index (χ2v) is 3.70. The number of nitrogens with one attached hydrogen (secondary N) is 1. The Morgan fingerprint density at radius 3 is 3.00 bits per heavy atom. The lowest BCUT2D eigenvalue weighted by Gasteiger charge is -2.10. The molecule has 1 aliphatic heterocycles. The molecule has 1 fully saturated rings. The molecule has 17 heavy (non-hydrogen) atoms. The number of rotatable bonds is 3. The Bertz CT molecular complexity index is 441. The van der Waals surface area contributed by atoms with E-state index < -0.39 is 12.1 Å². The molecule has 0 aliphatic carbocycles. The van der Waals surface area contributed by atoms with Gasteiger partial charge in [0.25, 0.3) is 5.91 Å². The van der Waals surface area contributed by atoms with Crippen LogP contribution in [0.25, 0.3) is 0 Å². The fourth-order valence-electron chi connectivity index (χ4n) is 1.66. The third-order valence-electron chi connectivity index (χ3n) is 2.50. The van der Waals surface area contributed by atoms with Crippen LogP contribution >= 0.6 is 0 Å². The molecule has 1 amide bonds. The molecule has 1 saturated heterocycles. The Kier molecular flexibility index (Phi) is 3.34. The Hall–Kier alpha value is -1.95. The summed E-state index contributed by atoms with van der Waals surface area (Å²) in [6.45, 7) is 0.562. The van der Waals surface area contributed by atoms with E-state index in [1.807, 2.05) is 0 Å². The summed E-state index contributed by atoms with van der Waals surface area (Å²) in [6.07, 6.45) is 2.42. The van der Waals surface area contributed by atoms with Gasteiger partial charge in [0.15, 0.2) is 0 Å². The van der Waals surface area contributed by atoms with Gasteiger partial charge in [0, 0.05) is 12.8 Å². The van der Waals surface area contributed by atoms with Crippen molar-refractivity contribution in [2.75, 3.05) is 11.9 Å². The van der Waals surface area contributed by atoms with E-state index >= 15 is 0 Å². The van der Waals surface area contributed by atoms with E-state index in [2.05, 4.69) is 10.3 Å². The largest absolute Gasteiger partial charge is 0.478 e. The summed E-state index contributed by atoms with van der Waals surface area (Å²) in [5, 5.41) is 11.4. The number of carbonyl (C=O) groups is 2. The van der Waals surface area contributed by atoms with E-state index in [1.54, 1.807) is 0 Å². The van der Waals surface area contributed by atoms with Crippen molar-refractivity contribution in [3.05, 3.63) is 23.9 Å². The maximum Gasteiger partial charge on any atom is 0.339 e. The van der Waals surface area contributed by atoms with Crippen LogP contribution in [0, 0.1) is 0 Å². The quantitative estimate of drug-likeness (QED) is 0.813. The number of carbonyl (C=O) groups excluding carboxylic acids is 1. The molecule has 0 aromatic carbocycles. The highest BCUT2D eigenvalue weighted by atomic mass is 16.5. The van der Waals surface area contributed by atoms with E-state index in [-0.39, 0.29) is 17.3 Å². The zero-order valence-electron chi connectivity index (χ0n) is 9.05. The van der Waals surface area contributed by atoms with Gasteiger partial charge in [-0.1, -0.05) is 0 Å². The number of aromatic carboxylic acids is 1. The summed E-state index contributed by atoms with van der Waals surface area (Å²) >= 11 is 0. The van der Waals surface area contributed by atoms with Crippen molar-refractivity contribution in [2.45, 2.75) is 18.9 Å². The molecule has 2 heterocycles. The predicted molar refractivity (Wildman–Crippen MR) is 58.8 cm³/mol. The number of hydrogen-bond acceptors (Lipinski definition) is 4. The molecule has 0 saturated carbocycles. The van der Waals surface area contributed by atoms with Crippen LogP contribution in [0.3, 0.4) is 0 Å². The van der Waals surface area contributed by atoms with Crippen LogP contribution in [-0.4, -0.2) is 34.7 Å². The Morgan fingerprint density at radius 1 is 1.53 bits per heavy atom. The molecule has 1 atom stereocenters. The fraction of sp³-hybridized carbons (Fsp3) is 0.364. The lowest BCUT2D eigenvalue weighted by atomic mass is 10.2. The second-order valence-electron chi connectivity index (χ2n) is 3.70. The van der Waals surface area contributed by atoms with E-state index in [0.717, 1.165) is 6.42 Å². The van der Waals surface area contributed by atoms with Crippen LogP contribution in [0.2, 0.25) is 0 Å². The van der Waals surface area contributed by atoms with Crippen molar-refractivity contribution in [3.8, 4) is 0 Å². The molecule has 6 heteroatoms. The highest BCUT2D eigenvalue weighted by molar-refractivity contribution is 6.00. The fourth-order valence-corrected chi connectivity index (χ4v) is 1.66. The van der Waals surface area contributed by atoms with Crippen LogP contribution in [0.5, 0.6) is 0 Å². The minimum Gasteiger partial charge on any atom is -0.478 e. The normalized spacial score (nSPS) is 18.9. The highest BCUT2D eigenvalue weighted by Gasteiger charge is 2.25. The summed E-state index contributed by atoms with van der Waals surface area (Å²) in [5.74, 6) is -1.41. The van der Waals surface area contributed by atoms with Gasteiger partial charge in [-0.3, -0.25) is 4.79 Å². The summed E-state index contributed by atoms with van der Waals surface area (Å²) < 4.78 is 5.20. The molecule has 0 unspecified atom stereocenters. The predicted octanol–water partition coefficient (Wildman–Crippen LogP) is 0.897. The summed E-state index contributed by atoms with van der Waals surface area (Å²) in [6, 6.07) is 2.89. The van der Waals surface area contributed by atoms with Crippen molar-refractivity contribution in [3.63, 3.8) is 0 Å². The van der Waals surface area contributed by atoms with Crippen molar-refractivity contribution in [2.24, 2.45) is 0 Å². The average Bonchev–Trinajstić information content (AvgIpc) is 2.83. The number of nitrogens with zero attached hydrogens (tertiary/aromatic N) is 1. The Balaban J connectivity index is 2.12. The number of pyridine rings is 1. The first-order valence-electron chi connectivity index (χ1n) is 5.29. The number of ether oxygens (including phenoxy) is 1. The van der Waals surface area contributed by atoms with Gasteiger partial charge in [-0.2, -0.15) is 0 Å². The number of amides is 1. The maximum atomic E-state index is 11.7. The Morgan fingerprint density at radius 2 is 2.35 bits per heavy atom. The molecule has 1 aromatic heterocycles. The molecule has 0 radical (unpaired) electrons. The van der Waals surface area contributed by atoms with Gasteiger partial charge >= 0.3 is 5.97 Å². The van der Waals surface area contributed by atoms with Crippen LogP contribution in [0.1, 0.15) is 23.2 Å². The first-order chi connectivity index (χ1) is 8.18. The lowest BCUT2D eigenvalue weighted by Crippen LogP contribution is -2.28. The van der Waals surface area contributed by atoms with Gasteiger partial charge in [-0.05, 0) is 25.0 Å². The second kappa shape index (κ2) is 4.92. The number of carboxylic acid groups (broad SMARTS) is 1. The summed E-state index contributed by atoms with van der Waals surface area (Å²) in [5.41, 5.74) is -0.0288. The molecule has 2 N–H and O–H groups in total. The van der Waals surface area contributed by atoms with Crippen molar-refractivity contribution in [1.29, 1.82) is 0 Å². The number of hydrogen-bond donors (Lipinski definition) is 2.